The molecule has 16 heavy (non-hydrogen) atoms. The Morgan fingerprint density at radius 2 is 2.25 bits per heavy atom. The third kappa shape index (κ3) is 3.36. The molecule has 1 rings (SSSR count). The molecule has 1 aromatic rings. The molecule has 1 N–H and O–H groups in total. The smallest absolute Gasteiger partial charge is 0.0612 e. The predicted molar refractivity (Wildman–Crippen MR) is 68.2 cm³/mol. The molecule has 0 fully saturated rings. The molecule has 1 atom stereocenters. The van der Waals surface area contributed by atoms with Gasteiger partial charge in [-0.25, -0.2) is 0 Å². The van der Waals surface area contributed by atoms with Gasteiger partial charge in [-0.2, -0.15) is 0 Å². The molecule has 0 spiro atoms. The van der Waals surface area contributed by atoms with Crippen LogP contribution in [-0.4, -0.2) is 11.5 Å². The first-order valence-corrected chi connectivity index (χ1v) is 5.79. The molecule has 0 saturated carbocycles. The van der Waals surface area contributed by atoms with Gasteiger partial charge in [-0.1, -0.05) is 13.0 Å². The zero-order chi connectivity index (χ0) is 12.0. The van der Waals surface area contributed by atoms with Crippen LogP contribution < -0.4 is 5.32 Å². The monoisotopic (exact) mass is 216 g/mol. The SMILES string of the molecule is C#CCC(NCCC)c1ncc(C)cc1C. The van der Waals surface area contributed by atoms with Gasteiger partial charge in [0.05, 0.1) is 11.7 Å². The van der Waals surface area contributed by atoms with Crippen LogP contribution in [0.3, 0.4) is 0 Å². The molecule has 1 aromatic heterocycles. The largest absolute Gasteiger partial charge is 0.308 e. The summed E-state index contributed by atoms with van der Waals surface area (Å²) >= 11 is 0. The predicted octanol–water partition coefficient (Wildman–Crippen LogP) is 2.76. The Morgan fingerprint density at radius 1 is 1.50 bits per heavy atom. The number of rotatable bonds is 5. The molecule has 0 amide bonds. The Hall–Kier alpha value is -1.33. The minimum Gasteiger partial charge on any atom is -0.308 e. The molecule has 0 radical (unpaired) electrons. The molecule has 0 aliphatic carbocycles. The summed E-state index contributed by atoms with van der Waals surface area (Å²) in [5, 5.41) is 3.44. The van der Waals surface area contributed by atoms with E-state index in [9.17, 15) is 0 Å². The highest BCUT2D eigenvalue weighted by Gasteiger charge is 2.13. The Labute approximate surface area is 98.5 Å². The number of hydrogen-bond acceptors (Lipinski definition) is 2. The molecule has 0 saturated heterocycles. The van der Waals surface area contributed by atoms with Crippen molar-refractivity contribution in [2.24, 2.45) is 0 Å². The van der Waals surface area contributed by atoms with E-state index in [1.54, 1.807) is 0 Å². The zero-order valence-corrected chi connectivity index (χ0v) is 10.4. The van der Waals surface area contributed by atoms with Gasteiger partial charge >= 0.3 is 0 Å². The standard InChI is InChI=1S/C14H20N2/c1-5-7-13(15-8-6-2)14-12(4)9-11(3)10-16-14/h1,9-10,13,15H,6-8H2,2-4H3. The van der Waals surface area contributed by atoms with Crippen LogP contribution in [0.15, 0.2) is 12.3 Å². The van der Waals surface area contributed by atoms with E-state index in [1.807, 2.05) is 6.20 Å². The molecule has 0 aliphatic heterocycles. The van der Waals surface area contributed by atoms with E-state index in [0.29, 0.717) is 6.42 Å². The molecule has 1 unspecified atom stereocenters. The highest BCUT2D eigenvalue weighted by molar-refractivity contribution is 5.26. The van der Waals surface area contributed by atoms with Crippen molar-refractivity contribution in [3.05, 3.63) is 29.1 Å². The van der Waals surface area contributed by atoms with Gasteiger partial charge in [0.2, 0.25) is 0 Å². The average Bonchev–Trinajstić information content (AvgIpc) is 2.25. The summed E-state index contributed by atoms with van der Waals surface area (Å²) < 4.78 is 0. The van der Waals surface area contributed by atoms with Gasteiger partial charge in [0.15, 0.2) is 0 Å². The molecule has 86 valence electrons. The molecule has 0 bridgehead atoms. The molecular formula is C14H20N2. The van der Waals surface area contributed by atoms with E-state index in [2.05, 4.69) is 43.1 Å². The van der Waals surface area contributed by atoms with Gasteiger partial charge in [0, 0.05) is 12.6 Å². The fraction of sp³-hybridized carbons (Fsp3) is 0.500. The van der Waals surface area contributed by atoms with Crippen molar-refractivity contribution in [2.75, 3.05) is 6.54 Å². The van der Waals surface area contributed by atoms with Crippen molar-refractivity contribution in [2.45, 2.75) is 39.7 Å². The van der Waals surface area contributed by atoms with Crippen LogP contribution >= 0.6 is 0 Å². The highest BCUT2D eigenvalue weighted by Crippen LogP contribution is 2.18. The number of aryl methyl sites for hydroxylation is 2. The van der Waals surface area contributed by atoms with Crippen LogP contribution in [0.2, 0.25) is 0 Å². The maximum Gasteiger partial charge on any atom is 0.0612 e. The Balaban J connectivity index is 2.88. The number of terminal acetylenes is 1. The van der Waals surface area contributed by atoms with Crippen LogP contribution in [0.1, 0.15) is 42.6 Å². The summed E-state index contributed by atoms with van der Waals surface area (Å²) in [6.07, 6.45) is 9.10. The first-order valence-electron chi connectivity index (χ1n) is 5.79. The van der Waals surface area contributed by atoms with E-state index in [-0.39, 0.29) is 6.04 Å². The Bertz CT molecular complexity index is 377. The molecular weight excluding hydrogens is 196 g/mol. The van der Waals surface area contributed by atoms with E-state index < -0.39 is 0 Å². The molecule has 1 heterocycles. The first kappa shape index (κ1) is 12.7. The van der Waals surface area contributed by atoms with Crippen LogP contribution in [-0.2, 0) is 0 Å². The van der Waals surface area contributed by atoms with Crippen LogP contribution in [0, 0.1) is 26.2 Å². The minimum atomic E-state index is 0.186. The second-order valence-electron chi connectivity index (χ2n) is 4.13. The van der Waals surface area contributed by atoms with Crippen LogP contribution in [0.5, 0.6) is 0 Å². The van der Waals surface area contributed by atoms with Crippen molar-refractivity contribution in [3.63, 3.8) is 0 Å². The van der Waals surface area contributed by atoms with Crippen molar-refractivity contribution in [1.29, 1.82) is 0 Å². The molecule has 2 nitrogen and oxygen atoms in total. The number of pyridine rings is 1. The van der Waals surface area contributed by atoms with Crippen molar-refractivity contribution < 1.29 is 0 Å². The van der Waals surface area contributed by atoms with Crippen LogP contribution in [0.4, 0.5) is 0 Å². The van der Waals surface area contributed by atoms with Crippen molar-refractivity contribution in [3.8, 4) is 12.3 Å². The average molecular weight is 216 g/mol. The quantitative estimate of drug-likeness (QED) is 0.766. The summed E-state index contributed by atoms with van der Waals surface area (Å²) in [5.41, 5.74) is 3.48. The summed E-state index contributed by atoms with van der Waals surface area (Å²) in [7, 11) is 0. The van der Waals surface area contributed by atoms with E-state index >= 15 is 0 Å². The van der Waals surface area contributed by atoms with Gasteiger partial charge in [-0.05, 0) is 37.9 Å². The Morgan fingerprint density at radius 3 is 2.81 bits per heavy atom. The third-order valence-electron chi connectivity index (χ3n) is 2.55. The third-order valence-corrected chi connectivity index (χ3v) is 2.55. The van der Waals surface area contributed by atoms with Crippen molar-refractivity contribution in [1.82, 2.24) is 10.3 Å². The van der Waals surface area contributed by atoms with Gasteiger partial charge in [0.1, 0.15) is 0 Å². The first-order chi connectivity index (χ1) is 7.69. The maximum absolute atomic E-state index is 5.40. The van der Waals surface area contributed by atoms with E-state index in [0.717, 1.165) is 18.7 Å². The van der Waals surface area contributed by atoms with E-state index in [1.165, 1.54) is 11.1 Å². The second-order valence-corrected chi connectivity index (χ2v) is 4.13. The number of aromatic nitrogens is 1. The fourth-order valence-corrected chi connectivity index (χ4v) is 1.79. The number of nitrogens with zero attached hydrogens (tertiary/aromatic N) is 1. The lowest BCUT2D eigenvalue weighted by Gasteiger charge is -2.17. The van der Waals surface area contributed by atoms with Gasteiger partial charge in [-0.3, -0.25) is 4.98 Å². The summed E-state index contributed by atoms with van der Waals surface area (Å²) in [5.74, 6) is 2.71. The summed E-state index contributed by atoms with van der Waals surface area (Å²) in [4.78, 5) is 4.49. The van der Waals surface area contributed by atoms with Gasteiger partial charge in [-0.15, -0.1) is 12.3 Å². The van der Waals surface area contributed by atoms with Gasteiger partial charge < -0.3 is 5.32 Å². The summed E-state index contributed by atoms with van der Waals surface area (Å²) in [6.45, 7) is 7.27. The van der Waals surface area contributed by atoms with Crippen LogP contribution in [0.25, 0.3) is 0 Å². The zero-order valence-electron chi connectivity index (χ0n) is 10.4. The molecule has 0 aromatic carbocycles. The normalized spacial score (nSPS) is 12.1. The second kappa shape index (κ2) is 6.30. The van der Waals surface area contributed by atoms with Gasteiger partial charge in [0.25, 0.3) is 0 Å². The van der Waals surface area contributed by atoms with E-state index in [4.69, 9.17) is 6.42 Å². The topological polar surface area (TPSA) is 24.9 Å². The van der Waals surface area contributed by atoms with Crippen molar-refractivity contribution >= 4 is 0 Å². The highest BCUT2D eigenvalue weighted by atomic mass is 14.9. The molecule has 0 aliphatic rings. The lowest BCUT2D eigenvalue weighted by Crippen LogP contribution is -2.23. The number of hydrogen-bond donors (Lipinski definition) is 1. The maximum atomic E-state index is 5.40. The Kier molecular flexibility index (Phi) is 5.01. The fourth-order valence-electron chi connectivity index (χ4n) is 1.79. The summed E-state index contributed by atoms with van der Waals surface area (Å²) in [6, 6.07) is 2.34. The number of nitrogens with one attached hydrogen (secondary N) is 1. The lowest BCUT2D eigenvalue weighted by atomic mass is 10.0. The lowest BCUT2D eigenvalue weighted by molar-refractivity contribution is 0.528. The minimum absolute atomic E-state index is 0.186. The molecule has 2 heteroatoms.